The Morgan fingerprint density at radius 2 is 1.68 bits per heavy atom. The van der Waals surface area contributed by atoms with Gasteiger partial charge in [-0.3, -0.25) is 14.4 Å². The zero-order chi connectivity index (χ0) is 26.2. The van der Waals surface area contributed by atoms with Gasteiger partial charge in [0.1, 0.15) is 11.1 Å². The summed E-state index contributed by atoms with van der Waals surface area (Å²) in [5, 5.41) is 0.345. The van der Waals surface area contributed by atoms with E-state index in [1.807, 2.05) is 32.0 Å². The van der Waals surface area contributed by atoms with E-state index in [4.69, 9.17) is 13.9 Å². The Morgan fingerprint density at radius 3 is 2.50 bits per heavy atom. The number of carbonyl (C=O) groups excluding carboxylic acids is 2. The van der Waals surface area contributed by atoms with Gasteiger partial charge in [-0.25, -0.2) is 4.90 Å². The Kier molecular flexibility index (Phi) is 4.60. The van der Waals surface area contributed by atoms with Crippen LogP contribution < -0.4 is 19.8 Å². The van der Waals surface area contributed by atoms with Crippen molar-refractivity contribution in [1.82, 2.24) is 4.90 Å². The largest absolute Gasteiger partial charge is 0.454 e. The predicted molar refractivity (Wildman–Crippen MR) is 140 cm³/mol. The first-order valence-corrected chi connectivity index (χ1v) is 12.3. The quantitative estimate of drug-likeness (QED) is 0.366. The number of nitrogens with zero attached hydrogens (tertiary/aromatic N) is 2. The van der Waals surface area contributed by atoms with Crippen molar-refractivity contribution >= 4 is 34.4 Å². The van der Waals surface area contributed by atoms with Gasteiger partial charge in [-0.2, -0.15) is 0 Å². The fourth-order valence-electron chi connectivity index (χ4n) is 5.75. The minimum absolute atomic E-state index is 0.0763. The van der Waals surface area contributed by atoms with Crippen LogP contribution in [0.1, 0.15) is 27.0 Å². The van der Waals surface area contributed by atoms with Gasteiger partial charge in [0.2, 0.25) is 18.1 Å². The number of benzene rings is 3. The summed E-state index contributed by atoms with van der Waals surface area (Å²) >= 11 is 0. The van der Waals surface area contributed by atoms with Crippen LogP contribution in [-0.4, -0.2) is 30.1 Å². The van der Waals surface area contributed by atoms with E-state index in [0.29, 0.717) is 33.7 Å². The third kappa shape index (κ3) is 2.82. The lowest BCUT2D eigenvalue weighted by Crippen LogP contribution is -2.52. The molecule has 4 aromatic rings. The molecule has 1 atom stereocenters. The molecule has 3 aliphatic rings. The maximum Gasteiger partial charge on any atom is 0.269 e. The minimum atomic E-state index is -1.66. The van der Waals surface area contributed by atoms with Crippen LogP contribution in [0.2, 0.25) is 0 Å². The lowest BCUT2D eigenvalue weighted by molar-refractivity contribution is -0.124. The Morgan fingerprint density at radius 1 is 0.921 bits per heavy atom. The monoisotopic (exact) mass is 506 g/mol. The molecule has 8 nitrogen and oxygen atoms in total. The first-order chi connectivity index (χ1) is 18.4. The third-order valence-corrected chi connectivity index (χ3v) is 7.49. The molecule has 0 saturated heterocycles. The molecule has 0 aliphatic carbocycles. The van der Waals surface area contributed by atoms with Crippen LogP contribution in [-0.2, 0) is 10.3 Å². The first-order valence-electron chi connectivity index (χ1n) is 12.3. The molecule has 188 valence electrons. The van der Waals surface area contributed by atoms with Gasteiger partial charge in [0.25, 0.3) is 11.8 Å². The maximum atomic E-state index is 14.6. The van der Waals surface area contributed by atoms with Gasteiger partial charge in [-0.1, -0.05) is 36.4 Å². The molecule has 1 aromatic heterocycles. The van der Waals surface area contributed by atoms with E-state index in [1.165, 1.54) is 9.80 Å². The van der Waals surface area contributed by atoms with E-state index >= 15 is 0 Å². The van der Waals surface area contributed by atoms with E-state index in [9.17, 15) is 14.4 Å². The van der Waals surface area contributed by atoms with Crippen LogP contribution >= 0.6 is 0 Å². The highest BCUT2D eigenvalue weighted by molar-refractivity contribution is 6.16. The highest BCUT2D eigenvalue weighted by Gasteiger charge is 2.60. The Bertz CT molecular complexity index is 1770. The van der Waals surface area contributed by atoms with Gasteiger partial charge < -0.3 is 18.8 Å². The molecular weight excluding hydrogens is 484 g/mol. The molecule has 1 spiro atoms. The van der Waals surface area contributed by atoms with Crippen LogP contribution in [0.3, 0.4) is 0 Å². The molecule has 1 unspecified atom stereocenters. The number of aryl methyl sites for hydroxylation is 2. The van der Waals surface area contributed by atoms with E-state index in [2.05, 4.69) is 0 Å². The van der Waals surface area contributed by atoms with Gasteiger partial charge in [0.15, 0.2) is 17.0 Å². The van der Waals surface area contributed by atoms with Gasteiger partial charge >= 0.3 is 0 Å². The van der Waals surface area contributed by atoms with Gasteiger partial charge in [-0.05, 0) is 61.4 Å². The van der Waals surface area contributed by atoms with E-state index < -0.39 is 17.4 Å². The average Bonchev–Trinajstić information content (AvgIpc) is 3.62. The number of ether oxygens (including phenoxy) is 2. The highest BCUT2D eigenvalue weighted by atomic mass is 16.7. The number of fused-ring (bicyclic) bond motifs is 4. The van der Waals surface area contributed by atoms with Crippen molar-refractivity contribution in [2.24, 2.45) is 0 Å². The number of rotatable bonds is 2. The third-order valence-electron chi connectivity index (χ3n) is 7.49. The van der Waals surface area contributed by atoms with Crippen LogP contribution in [0.25, 0.3) is 11.0 Å². The summed E-state index contributed by atoms with van der Waals surface area (Å²) in [7, 11) is 0. The van der Waals surface area contributed by atoms with Crippen molar-refractivity contribution in [3.8, 4) is 11.5 Å². The molecule has 0 N–H and O–H groups in total. The topological polar surface area (TPSA) is 89.3 Å². The summed E-state index contributed by atoms with van der Waals surface area (Å²) in [6, 6.07) is 17.5. The molecule has 2 amide bonds. The summed E-state index contributed by atoms with van der Waals surface area (Å²) in [5.41, 5.74) is 1.12. The zero-order valence-electron chi connectivity index (χ0n) is 20.7. The number of amides is 2. The molecule has 0 radical (unpaired) electrons. The van der Waals surface area contributed by atoms with E-state index in [0.717, 1.165) is 11.1 Å². The van der Waals surface area contributed by atoms with Crippen LogP contribution in [0, 0.1) is 13.8 Å². The fourth-order valence-corrected chi connectivity index (χ4v) is 5.75. The highest BCUT2D eigenvalue weighted by Crippen LogP contribution is 2.51. The lowest BCUT2D eigenvalue weighted by atomic mass is 9.90. The van der Waals surface area contributed by atoms with Crippen molar-refractivity contribution in [3.63, 3.8) is 0 Å². The Labute approximate surface area is 217 Å². The molecule has 38 heavy (non-hydrogen) atoms. The molecule has 0 bridgehead atoms. The fraction of sp³-hybridized carbons (Fsp3) is 0.167. The molecule has 3 aliphatic heterocycles. The second-order valence-electron chi connectivity index (χ2n) is 9.64. The van der Waals surface area contributed by atoms with Crippen molar-refractivity contribution in [2.45, 2.75) is 19.4 Å². The van der Waals surface area contributed by atoms with Crippen molar-refractivity contribution in [3.05, 3.63) is 105 Å². The number of hydrogen-bond acceptors (Lipinski definition) is 6. The van der Waals surface area contributed by atoms with Crippen LogP contribution in [0.5, 0.6) is 11.5 Å². The second-order valence-corrected chi connectivity index (χ2v) is 9.64. The van der Waals surface area contributed by atoms with E-state index in [1.54, 1.807) is 54.6 Å². The molecule has 0 fully saturated rings. The normalized spacial score (nSPS) is 19.2. The standard InChI is InChI=1S/C30H22N2O6/c1-17-7-5-8-18(2)25(17)32-28-24(26(33)20-9-3-4-10-21(20)38-28)30(29(32)35)13-6-14-31(30)27(34)19-11-12-22-23(15-19)37-16-36-22/h3-13,15H,14,16H2,1-2H3. The summed E-state index contributed by atoms with van der Waals surface area (Å²) < 4.78 is 17.2. The molecule has 4 heterocycles. The zero-order valence-corrected chi connectivity index (χ0v) is 20.7. The summed E-state index contributed by atoms with van der Waals surface area (Å²) in [6.45, 7) is 4.02. The SMILES string of the molecule is Cc1cccc(C)c1N1C(=O)C2(C=CCN2C(=O)c2ccc3c(c2)OCO3)c2c1oc1ccccc1c2=O. The van der Waals surface area contributed by atoms with Crippen LogP contribution in [0.15, 0.2) is 82.0 Å². The number of para-hydroxylation sites is 2. The molecule has 0 saturated carbocycles. The van der Waals surface area contributed by atoms with Gasteiger partial charge in [0, 0.05) is 12.1 Å². The average molecular weight is 507 g/mol. The van der Waals surface area contributed by atoms with Crippen molar-refractivity contribution < 1.29 is 23.5 Å². The van der Waals surface area contributed by atoms with Crippen molar-refractivity contribution in [1.29, 1.82) is 0 Å². The Hall–Kier alpha value is -4.85. The smallest absolute Gasteiger partial charge is 0.269 e. The second kappa shape index (κ2) is 7.82. The minimum Gasteiger partial charge on any atom is -0.454 e. The maximum absolute atomic E-state index is 14.6. The lowest BCUT2D eigenvalue weighted by Gasteiger charge is -2.33. The number of hydrogen-bond donors (Lipinski definition) is 0. The first kappa shape index (κ1) is 22.4. The van der Waals surface area contributed by atoms with Crippen molar-refractivity contribution in [2.75, 3.05) is 18.2 Å². The molecular formula is C30H22N2O6. The van der Waals surface area contributed by atoms with Gasteiger partial charge in [0.05, 0.1) is 11.1 Å². The molecule has 8 heteroatoms. The summed E-state index contributed by atoms with van der Waals surface area (Å²) in [5.74, 6) is 0.280. The van der Waals surface area contributed by atoms with Crippen LogP contribution in [0.4, 0.5) is 11.6 Å². The Balaban J connectivity index is 1.48. The predicted octanol–water partition coefficient (Wildman–Crippen LogP) is 4.72. The number of carbonyl (C=O) groups is 2. The van der Waals surface area contributed by atoms with Gasteiger partial charge in [-0.15, -0.1) is 0 Å². The summed E-state index contributed by atoms with van der Waals surface area (Å²) in [4.78, 5) is 45.6. The van der Waals surface area contributed by atoms with E-state index in [-0.39, 0.29) is 30.2 Å². The molecule has 3 aromatic carbocycles. The molecule has 7 rings (SSSR count). The number of anilines is 2. The summed E-state index contributed by atoms with van der Waals surface area (Å²) in [6.07, 6.45) is 3.40.